The van der Waals surface area contributed by atoms with Gasteiger partial charge in [-0.3, -0.25) is 0 Å². The summed E-state index contributed by atoms with van der Waals surface area (Å²) in [5.74, 6) is 0.553. The van der Waals surface area contributed by atoms with E-state index in [2.05, 4.69) is 4.98 Å². The number of benzene rings is 1. The molecule has 0 saturated carbocycles. The quantitative estimate of drug-likeness (QED) is 0.918. The first-order valence-electron chi connectivity index (χ1n) is 6.16. The second-order valence-corrected chi connectivity index (χ2v) is 4.61. The van der Waals surface area contributed by atoms with E-state index in [0.717, 1.165) is 16.9 Å². The van der Waals surface area contributed by atoms with Crippen LogP contribution in [-0.4, -0.2) is 17.1 Å². The summed E-state index contributed by atoms with van der Waals surface area (Å²) in [7, 11) is 1.90. The maximum atomic E-state index is 13.1. The molecule has 1 aromatic heterocycles. The van der Waals surface area contributed by atoms with Gasteiger partial charge >= 0.3 is 0 Å². The number of hydrogen-bond acceptors (Lipinski definition) is 3. The number of hydrogen-bond donors (Lipinski definition) is 1. The van der Waals surface area contributed by atoms with Gasteiger partial charge in [0, 0.05) is 19.8 Å². The summed E-state index contributed by atoms with van der Waals surface area (Å²) in [4.78, 5) is 6.22. The van der Waals surface area contributed by atoms with Crippen molar-refractivity contribution in [2.45, 2.75) is 19.6 Å². The van der Waals surface area contributed by atoms with Crippen molar-refractivity contribution in [2.75, 3.05) is 11.9 Å². The zero-order chi connectivity index (χ0) is 13.8. The van der Waals surface area contributed by atoms with E-state index in [9.17, 15) is 9.50 Å². The molecule has 100 valence electrons. The highest BCUT2D eigenvalue weighted by molar-refractivity contribution is 5.39. The van der Waals surface area contributed by atoms with E-state index >= 15 is 0 Å². The number of aliphatic hydroxyl groups excluding tert-OH is 1. The monoisotopic (exact) mass is 260 g/mol. The molecular formula is C15H17FN2O. The van der Waals surface area contributed by atoms with Crippen LogP contribution in [0.5, 0.6) is 0 Å². The molecule has 0 aliphatic rings. The molecule has 1 heterocycles. The summed E-state index contributed by atoms with van der Waals surface area (Å²) in [5, 5.41) is 9.42. The van der Waals surface area contributed by atoms with Gasteiger partial charge in [0.25, 0.3) is 0 Å². The Labute approximate surface area is 112 Å². The highest BCUT2D eigenvalue weighted by Crippen LogP contribution is 2.16. The van der Waals surface area contributed by atoms with Crippen LogP contribution in [0, 0.1) is 5.82 Å². The Bertz CT molecular complexity index is 540. The molecule has 19 heavy (non-hydrogen) atoms. The third kappa shape index (κ3) is 3.51. The van der Waals surface area contributed by atoms with E-state index in [1.54, 1.807) is 19.2 Å². The molecule has 0 fully saturated rings. The predicted molar refractivity (Wildman–Crippen MR) is 73.4 cm³/mol. The normalized spacial score (nSPS) is 12.2. The van der Waals surface area contributed by atoms with Gasteiger partial charge in [-0.05, 0) is 36.2 Å². The zero-order valence-electron chi connectivity index (χ0n) is 11.0. The standard InChI is InChI=1S/C15H17FN2O/c1-11(19)13-6-7-15(17-9-13)18(2)10-12-4-3-5-14(16)8-12/h3-9,11,19H,10H2,1-2H3. The third-order valence-electron chi connectivity index (χ3n) is 2.95. The molecular weight excluding hydrogens is 243 g/mol. The summed E-state index contributed by atoms with van der Waals surface area (Å²) in [5.41, 5.74) is 1.67. The third-order valence-corrected chi connectivity index (χ3v) is 2.95. The van der Waals surface area contributed by atoms with Crippen molar-refractivity contribution in [3.8, 4) is 0 Å². The Hall–Kier alpha value is -1.94. The van der Waals surface area contributed by atoms with E-state index in [1.165, 1.54) is 12.1 Å². The topological polar surface area (TPSA) is 36.4 Å². The number of aromatic nitrogens is 1. The average Bonchev–Trinajstić information content (AvgIpc) is 2.39. The lowest BCUT2D eigenvalue weighted by Crippen LogP contribution is -2.17. The molecule has 0 saturated heterocycles. The number of aliphatic hydroxyl groups is 1. The first kappa shape index (κ1) is 13.5. The van der Waals surface area contributed by atoms with Crippen LogP contribution in [0.15, 0.2) is 42.6 Å². The molecule has 2 rings (SSSR count). The summed E-state index contributed by atoms with van der Waals surface area (Å²) in [6, 6.07) is 10.2. The average molecular weight is 260 g/mol. The highest BCUT2D eigenvalue weighted by Gasteiger charge is 2.06. The van der Waals surface area contributed by atoms with E-state index in [-0.39, 0.29) is 5.82 Å². The Morgan fingerprint density at radius 1 is 1.32 bits per heavy atom. The number of pyridine rings is 1. The lowest BCUT2D eigenvalue weighted by atomic mass is 10.2. The number of nitrogens with zero attached hydrogens (tertiary/aromatic N) is 2. The van der Waals surface area contributed by atoms with Gasteiger partial charge in [0.05, 0.1) is 6.10 Å². The highest BCUT2D eigenvalue weighted by atomic mass is 19.1. The van der Waals surface area contributed by atoms with E-state index in [4.69, 9.17) is 0 Å². The lowest BCUT2D eigenvalue weighted by molar-refractivity contribution is 0.199. The SMILES string of the molecule is CC(O)c1ccc(N(C)Cc2cccc(F)c2)nc1. The van der Waals surface area contributed by atoms with Gasteiger partial charge in [-0.2, -0.15) is 0 Å². The van der Waals surface area contributed by atoms with Gasteiger partial charge in [0.2, 0.25) is 0 Å². The van der Waals surface area contributed by atoms with Gasteiger partial charge in [0.1, 0.15) is 11.6 Å². The summed E-state index contributed by atoms with van der Waals surface area (Å²) in [6.07, 6.45) is 1.14. The minimum Gasteiger partial charge on any atom is -0.389 e. The molecule has 2 aromatic rings. The molecule has 0 amide bonds. The zero-order valence-corrected chi connectivity index (χ0v) is 11.0. The number of rotatable bonds is 4. The minimum absolute atomic E-state index is 0.233. The van der Waals surface area contributed by atoms with Gasteiger partial charge in [0.15, 0.2) is 0 Å². The van der Waals surface area contributed by atoms with Crippen LogP contribution >= 0.6 is 0 Å². The maximum absolute atomic E-state index is 13.1. The van der Waals surface area contributed by atoms with Crippen LogP contribution in [0.2, 0.25) is 0 Å². The van der Waals surface area contributed by atoms with Gasteiger partial charge in [-0.1, -0.05) is 18.2 Å². The molecule has 1 aromatic carbocycles. The smallest absolute Gasteiger partial charge is 0.128 e. The Balaban J connectivity index is 2.09. The minimum atomic E-state index is -0.518. The van der Waals surface area contributed by atoms with Crippen LogP contribution < -0.4 is 4.90 Å². The maximum Gasteiger partial charge on any atom is 0.128 e. The van der Waals surface area contributed by atoms with E-state index in [0.29, 0.717) is 6.54 Å². The van der Waals surface area contributed by atoms with Crippen LogP contribution in [0.4, 0.5) is 10.2 Å². The fourth-order valence-electron chi connectivity index (χ4n) is 1.86. The molecule has 0 bridgehead atoms. The van der Waals surface area contributed by atoms with Crippen molar-refractivity contribution >= 4 is 5.82 Å². The van der Waals surface area contributed by atoms with Crippen molar-refractivity contribution in [1.29, 1.82) is 0 Å². The predicted octanol–water partition coefficient (Wildman–Crippen LogP) is 2.91. The first-order valence-corrected chi connectivity index (χ1v) is 6.16. The van der Waals surface area contributed by atoms with Gasteiger partial charge < -0.3 is 10.0 Å². The fourth-order valence-corrected chi connectivity index (χ4v) is 1.86. The van der Waals surface area contributed by atoms with Crippen molar-refractivity contribution < 1.29 is 9.50 Å². The number of anilines is 1. The molecule has 1 N–H and O–H groups in total. The van der Waals surface area contributed by atoms with E-state index in [1.807, 2.05) is 30.1 Å². The molecule has 0 aliphatic carbocycles. The second kappa shape index (κ2) is 5.80. The summed E-state index contributed by atoms with van der Waals surface area (Å²) in [6.45, 7) is 2.28. The summed E-state index contributed by atoms with van der Waals surface area (Å²) < 4.78 is 13.1. The van der Waals surface area contributed by atoms with Crippen LogP contribution in [0.3, 0.4) is 0 Å². The molecule has 0 radical (unpaired) electrons. The summed E-state index contributed by atoms with van der Waals surface area (Å²) >= 11 is 0. The Morgan fingerprint density at radius 3 is 2.68 bits per heavy atom. The van der Waals surface area contributed by atoms with Crippen LogP contribution in [-0.2, 0) is 6.54 Å². The Morgan fingerprint density at radius 2 is 2.11 bits per heavy atom. The lowest BCUT2D eigenvalue weighted by Gasteiger charge is -2.18. The van der Waals surface area contributed by atoms with Gasteiger partial charge in [-0.15, -0.1) is 0 Å². The number of halogens is 1. The Kier molecular flexibility index (Phi) is 4.12. The molecule has 0 spiro atoms. The second-order valence-electron chi connectivity index (χ2n) is 4.61. The van der Waals surface area contributed by atoms with Crippen molar-refractivity contribution in [3.63, 3.8) is 0 Å². The first-order chi connectivity index (χ1) is 9.06. The van der Waals surface area contributed by atoms with Gasteiger partial charge in [-0.25, -0.2) is 9.37 Å². The fraction of sp³-hybridized carbons (Fsp3) is 0.267. The van der Waals surface area contributed by atoms with Crippen molar-refractivity contribution in [1.82, 2.24) is 4.98 Å². The molecule has 0 aliphatic heterocycles. The molecule has 1 unspecified atom stereocenters. The van der Waals surface area contributed by atoms with E-state index < -0.39 is 6.10 Å². The largest absolute Gasteiger partial charge is 0.389 e. The molecule has 3 nitrogen and oxygen atoms in total. The van der Waals surface area contributed by atoms with Crippen molar-refractivity contribution in [3.05, 3.63) is 59.5 Å². The molecule has 1 atom stereocenters. The van der Waals surface area contributed by atoms with Crippen LogP contribution in [0.25, 0.3) is 0 Å². The van der Waals surface area contributed by atoms with Crippen molar-refractivity contribution in [2.24, 2.45) is 0 Å². The molecule has 4 heteroatoms. The van der Waals surface area contributed by atoms with Crippen LogP contribution in [0.1, 0.15) is 24.2 Å².